The van der Waals surface area contributed by atoms with Crippen LogP contribution in [0.15, 0.2) is 0 Å². The number of urea groups is 1. The third-order valence-corrected chi connectivity index (χ3v) is 3.21. The van der Waals surface area contributed by atoms with Gasteiger partial charge in [-0.1, -0.05) is 13.8 Å². The lowest BCUT2D eigenvalue weighted by Gasteiger charge is -2.24. The van der Waals surface area contributed by atoms with E-state index in [9.17, 15) is 9.59 Å². The van der Waals surface area contributed by atoms with Gasteiger partial charge >= 0.3 is 12.0 Å². The summed E-state index contributed by atoms with van der Waals surface area (Å²) in [5.41, 5.74) is -1.19. The van der Waals surface area contributed by atoms with Crippen molar-refractivity contribution in [3.8, 4) is 0 Å². The quantitative estimate of drug-likeness (QED) is 0.593. The fraction of sp³-hybridized carbons (Fsp3) is 0.800. The molecule has 0 spiro atoms. The molecule has 0 rings (SSSR count). The van der Waals surface area contributed by atoms with Crippen LogP contribution in [0.2, 0.25) is 0 Å². The number of carboxylic acid groups (broad SMARTS) is 1. The lowest BCUT2D eigenvalue weighted by molar-refractivity contribution is -0.143. The Balaban J connectivity index is 3.98. The SMILES string of the molecule is CCSCCNC(=O)NC(C)(CC)C(=O)O. The zero-order valence-corrected chi connectivity index (χ0v) is 10.8. The molecule has 5 nitrogen and oxygen atoms in total. The lowest BCUT2D eigenvalue weighted by atomic mass is 10.00. The van der Waals surface area contributed by atoms with Crippen LogP contribution in [0.25, 0.3) is 0 Å². The van der Waals surface area contributed by atoms with Crippen LogP contribution >= 0.6 is 11.8 Å². The van der Waals surface area contributed by atoms with Crippen molar-refractivity contribution in [2.24, 2.45) is 0 Å². The lowest BCUT2D eigenvalue weighted by Crippen LogP contribution is -2.55. The zero-order valence-electron chi connectivity index (χ0n) is 10.0. The highest BCUT2D eigenvalue weighted by Crippen LogP contribution is 2.08. The molecule has 1 atom stereocenters. The van der Waals surface area contributed by atoms with Crippen LogP contribution in [0.4, 0.5) is 4.79 Å². The number of amides is 2. The predicted molar refractivity (Wildman–Crippen MR) is 65.9 cm³/mol. The van der Waals surface area contributed by atoms with Crippen LogP contribution in [-0.4, -0.2) is 40.7 Å². The number of carbonyl (C=O) groups excluding carboxylic acids is 1. The van der Waals surface area contributed by atoms with Gasteiger partial charge in [0.25, 0.3) is 0 Å². The summed E-state index contributed by atoms with van der Waals surface area (Å²) in [6.07, 6.45) is 0.347. The van der Waals surface area contributed by atoms with Gasteiger partial charge in [-0.05, 0) is 19.1 Å². The Morgan fingerprint density at radius 1 is 1.38 bits per heavy atom. The molecule has 3 N–H and O–H groups in total. The van der Waals surface area contributed by atoms with E-state index < -0.39 is 17.5 Å². The zero-order chi connectivity index (χ0) is 12.6. The van der Waals surface area contributed by atoms with Crippen molar-refractivity contribution >= 4 is 23.8 Å². The summed E-state index contributed by atoms with van der Waals surface area (Å²) >= 11 is 1.72. The minimum absolute atomic E-state index is 0.347. The van der Waals surface area contributed by atoms with E-state index >= 15 is 0 Å². The molecule has 0 aliphatic carbocycles. The molecule has 0 aromatic rings. The molecule has 0 aliphatic rings. The van der Waals surface area contributed by atoms with Crippen LogP contribution in [0, 0.1) is 0 Å². The first-order valence-electron chi connectivity index (χ1n) is 5.33. The molecule has 1 unspecified atom stereocenters. The van der Waals surface area contributed by atoms with E-state index in [1.807, 2.05) is 6.92 Å². The number of hydrogen-bond donors (Lipinski definition) is 3. The maximum absolute atomic E-state index is 11.4. The number of hydrogen-bond acceptors (Lipinski definition) is 3. The van der Waals surface area contributed by atoms with E-state index in [0.717, 1.165) is 11.5 Å². The van der Waals surface area contributed by atoms with Gasteiger partial charge in [-0.2, -0.15) is 11.8 Å². The van der Waals surface area contributed by atoms with E-state index in [2.05, 4.69) is 10.6 Å². The highest BCUT2D eigenvalue weighted by atomic mass is 32.2. The predicted octanol–water partition coefficient (Wildman–Crippen LogP) is 1.29. The normalized spacial score (nSPS) is 13.9. The van der Waals surface area contributed by atoms with E-state index in [1.54, 1.807) is 18.7 Å². The van der Waals surface area contributed by atoms with Gasteiger partial charge in [0.2, 0.25) is 0 Å². The van der Waals surface area contributed by atoms with Crippen molar-refractivity contribution in [2.45, 2.75) is 32.7 Å². The minimum Gasteiger partial charge on any atom is -0.480 e. The smallest absolute Gasteiger partial charge is 0.329 e. The van der Waals surface area contributed by atoms with Gasteiger partial charge < -0.3 is 15.7 Å². The van der Waals surface area contributed by atoms with Crippen LogP contribution in [0.1, 0.15) is 27.2 Å². The minimum atomic E-state index is -1.19. The van der Waals surface area contributed by atoms with Crippen molar-refractivity contribution in [2.75, 3.05) is 18.1 Å². The van der Waals surface area contributed by atoms with Crippen molar-refractivity contribution in [1.82, 2.24) is 10.6 Å². The maximum Gasteiger partial charge on any atom is 0.329 e. The summed E-state index contributed by atoms with van der Waals surface area (Å²) in [4.78, 5) is 22.3. The fourth-order valence-corrected chi connectivity index (χ4v) is 1.50. The molecule has 0 aliphatic heterocycles. The first kappa shape index (κ1) is 15.1. The molecule has 94 valence electrons. The average molecular weight is 248 g/mol. The fourth-order valence-electron chi connectivity index (χ4n) is 0.969. The average Bonchev–Trinajstić information content (AvgIpc) is 2.24. The first-order chi connectivity index (χ1) is 7.46. The molecule has 0 aromatic carbocycles. The Labute approximate surface area is 100 Å². The van der Waals surface area contributed by atoms with Crippen molar-refractivity contribution in [1.29, 1.82) is 0 Å². The summed E-state index contributed by atoms with van der Waals surface area (Å²) in [5.74, 6) is 0.818. The molecule has 0 heterocycles. The van der Waals surface area contributed by atoms with Gasteiger partial charge in [-0.3, -0.25) is 0 Å². The molecule has 0 fully saturated rings. The van der Waals surface area contributed by atoms with E-state index in [4.69, 9.17) is 5.11 Å². The summed E-state index contributed by atoms with van der Waals surface area (Å²) in [7, 11) is 0. The Morgan fingerprint density at radius 3 is 2.44 bits per heavy atom. The second-order valence-electron chi connectivity index (χ2n) is 3.57. The maximum atomic E-state index is 11.4. The molecule has 6 heteroatoms. The third kappa shape index (κ3) is 5.25. The monoisotopic (exact) mass is 248 g/mol. The topological polar surface area (TPSA) is 78.4 Å². The summed E-state index contributed by atoms with van der Waals surface area (Å²) < 4.78 is 0. The van der Waals surface area contributed by atoms with Gasteiger partial charge in [0.05, 0.1) is 0 Å². The standard InChI is InChI=1S/C10H20N2O3S/c1-4-10(3,8(13)14)12-9(15)11-6-7-16-5-2/h4-7H2,1-3H3,(H,13,14)(H2,11,12,15). The molecular weight excluding hydrogens is 228 g/mol. The molecular formula is C10H20N2O3S. The van der Waals surface area contributed by atoms with Crippen molar-refractivity contribution in [3.05, 3.63) is 0 Å². The van der Waals surface area contributed by atoms with Gasteiger partial charge in [-0.15, -0.1) is 0 Å². The summed E-state index contributed by atoms with van der Waals surface area (Å²) in [5, 5.41) is 14.0. The van der Waals surface area contributed by atoms with Crippen LogP contribution in [-0.2, 0) is 4.79 Å². The van der Waals surface area contributed by atoms with E-state index in [0.29, 0.717) is 13.0 Å². The Kier molecular flexibility index (Phi) is 6.96. The molecule has 0 saturated heterocycles. The summed E-state index contributed by atoms with van der Waals surface area (Å²) in [6.45, 7) is 5.81. The van der Waals surface area contributed by atoms with Crippen LogP contribution in [0.5, 0.6) is 0 Å². The molecule has 0 saturated carbocycles. The molecule has 0 aromatic heterocycles. The molecule has 0 radical (unpaired) electrons. The molecule has 16 heavy (non-hydrogen) atoms. The molecule has 2 amide bonds. The highest BCUT2D eigenvalue weighted by molar-refractivity contribution is 7.99. The van der Waals surface area contributed by atoms with Gasteiger partial charge in [0.1, 0.15) is 5.54 Å². The van der Waals surface area contributed by atoms with Crippen molar-refractivity contribution < 1.29 is 14.7 Å². The molecule has 0 bridgehead atoms. The number of nitrogens with one attached hydrogen (secondary N) is 2. The first-order valence-corrected chi connectivity index (χ1v) is 6.49. The number of aliphatic carboxylic acids is 1. The Hall–Kier alpha value is -0.910. The third-order valence-electron chi connectivity index (χ3n) is 2.30. The van der Waals surface area contributed by atoms with Crippen LogP contribution in [0.3, 0.4) is 0 Å². The Morgan fingerprint density at radius 2 is 2.00 bits per heavy atom. The van der Waals surface area contributed by atoms with Gasteiger partial charge in [0.15, 0.2) is 0 Å². The van der Waals surface area contributed by atoms with E-state index in [-0.39, 0.29) is 0 Å². The number of thioether (sulfide) groups is 1. The highest BCUT2D eigenvalue weighted by Gasteiger charge is 2.32. The number of rotatable bonds is 7. The van der Waals surface area contributed by atoms with Gasteiger partial charge in [-0.25, -0.2) is 9.59 Å². The van der Waals surface area contributed by atoms with E-state index in [1.165, 1.54) is 6.92 Å². The number of carboxylic acids is 1. The van der Waals surface area contributed by atoms with Crippen molar-refractivity contribution in [3.63, 3.8) is 0 Å². The Bertz CT molecular complexity index is 248. The second-order valence-corrected chi connectivity index (χ2v) is 4.96. The second kappa shape index (κ2) is 7.38. The van der Waals surface area contributed by atoms with Crippen LogP contribution < -0.4 is 10.6 Å². The number of carbonyl (C=O) groups is 2. The largest absolute Gasteiger partial charge is 0.480 e. The van der Waals surface area contributed by atoms with Gasteiger partial charge in [0, 0.05) is 12.3 Å². The summed E-state index contributed by atoms with van der Waals surface area (Å²) in [6, 6.07) is -0.427.